The average molecular weight is 194 g/mol. The van der Waals surface area contributed by atoms with Gasteiger partial charge in [-0.15, -0.1) is 0 Å². The molecule has 0 aromatic heterocycles. The van der Waals surface area contributed by atoms with E-state index in [1.807, 2.05) is 30.3 Å². The molecule has 1 aromatic rings. The van der Waals surface area contributed by atoms with E-state index in [2.05, 4.69) is 0 Å². The third-order valence-corrected chi connectivity index (χ3v) is 2.24. The highest BCUT2D eigenvalue weighted by Crippen LogP contribution is 2.19. The lowest BCUT2D eigenvalue weighted by Crippen LogP contribution is -2.17. The second-order valence-corrected chi connectivity index (χ2v) is 3.42. The van der Waals surface area contributed by atoms with Crippen LogP contribution in [-0.4, -0.2) is 31.0 Å². The Bertz CT molecular complexity index is 273. The molecule has 2 unspecified atom stereocenters. The first-order valence-electron chi connectivity index (χ1n) is 4.78. The number of ether oxygens (including phenoxy) is 2. The Balaban J connectivity index is 2.04. The van der Waals surface area contributed by atoms with Crippen LogP contribution >= 0.6 is 0 Å². The van der Waals surface area contributed by atoms with Gasteiger partial charge in [0.05, 0.1) is 19.8 Å². The summed E-state index contributed by atoms with van der Waals surface area (Å²) >= 11 is 0. The van der Waals surface area contributed by atoms with Crippen molar-refractivity contribution in [1.82, 2.24) is 0 Å². The first-order valence-corrected chi connectivity index (χ1v) is 4.78. The van der Waals surface area contributed by atoms with Gasteiger partial charge in [0, 0.05) is 0 Å². The fourth-order valence-corrected chi connectivity index (χ4v) is 1.49. The zero-order valence-corrected chi connectivity index (χ0v) is 7.93. The number of aliphatic hydroxyl groups is 1. The standard InChI is InChI=1S/C11H14O3/c12-10-6-13-8-11(14-7-10)9-4-2-1-3-5-9/h1-5,10-12H,6-8H2. The quantitative estimate of drug-likeness (QED) is 0.728. The lowest BCUT2D eigenvalue weighted by molar-refractivity contribution is 0.0112. The summed E-state index contributed by atoms with van der Waals surface area (Å²) in [5.74, 6) is 0. The summed E-state index contributed by atoms with van der Waals surface area (Å²) in [6, 6.07) is 9.92. The van der Waals surface area contributed by atoms with Crippen LogP contribution in [0.25, 0.3) is 0 Å². The van der Waals surface area contributed by atoms with Gasteiger partial charge in [-0.3, -0.25) is 0 Å². The highest BCUT2D eigenvalue weighted by molar-refractivity contribution is 5.17. The van der Waals surface area contributed by atoms with Crippen LogP contribution in [0.15, 0.2) is 30.3 Å². The predicted octanol–water partition coefficient (Wildman–Crippen LogP) is 1.14. The molecule has 1 heterocycles. The van der Waals surface area contributed by atoms with E-state index in [0.29, 0.717) is 19.8 Å². The number of hydrogen-bond acceptors (Lipinski definition) is 3. The van der Waals surface area contributed by atoms with Gasteiger partial charge in [-0.1, -0.05) is 30.3 Å². The largest absolute Gasteiger partial charge is 0.388 e. The molecule has 0 spiro atoms. The minimum absolute atomic E-state index is 0.0478. The summed E-state index contributed by atoms with van der Waals surface area (Å²) < 4.78 is 10.8. The molecule has 0 amide bonds. The predicted molar refractivity (Wildman–Crippen MR) is 52.0 cm³/mol. The minimum Gasteiger partial charge on any atom is -0.388 e. The first kappa shape index (κ1) is 9.65. The van der Waals surface area contributed by atoms with Crippen LogP contribution in [0, 0.1) is 0 Å². The molecule has 0 saturated carbocycles. The molecule has 2 rings (SSSR count). The summed E-state index contributed by atoms with van der Waals surface area (Å²) in [5, 5.41) is 9.30. The molecule has 3 heteroatoms. The zero-order chi connectivity index (χ0) is 9.80. The zero-order valence-electron chi connectivity index (χ0n) is 7.93. The van der Waals surface area contributed by atoms with Crippen LogP contribution in [0.5, 0.6) is 0 Å². The molecule has 0 aliphatic carbocycles. The van der Waals surface area contributed by atoms with Crippen molar-refractivity contribution in [1.29, 1.82) is 0 Å². The Kier molecular flexibility index (Phi) is 3.14. The highest BCUT2D eigenvalue weighted by Gasteiger charge is 2.18. The molecule has 1 aliphatic rings. The van der Waals surface area contributed by atoms with Gasteiger partial charge in [-0.05, 0) is 5.56 Å². The molecular weight excluding hydrogens is 180 g/mol. The van der Waals surface area contributed by atoms with E-state index in [0.717, 1.165) is 5.56 Å². The van der Waals surface area contributed by atoms with Gasteiger partial charge in [0.2, 0.25) is 0 Å². The average Bonchev–Trinajstić information content (AvgIpc) is 2.44. The van der Waals surface area contributed by atoms with Crippen molar-refractivity contribution in [3.05, 3.63) is 35.9 Å². The highest BCUT2D eigenvalue weighted by atomic mass is 16.6. The Morgan fingerprint density at radius 1 is 1.07 bits per heavy atom. The molecule has 2 atom stereocenters. The van der Waals surface area contributed by atoms with Crippen molar-refractivity contribution in [3.8, 4) is 0 Å². The fraction of sp³-hybridized carbons (Fsp3) is 0.455. The Morgan fingerprint density at radius 3 is 2.64 bits per heavy atom. The maximum Gasteiger partial charge on any atom is 0.106 e. The van der Waals surface area contributed by atoms with Crippen molar-refractivity contribution in [2.24, 2.45) is 0 Å². The van der Waals surface area contributed by atoms with E-state index >= 15 is 0 Å². The van der Waals surface area contributed by atoms with Crippen LogP contribution in [0.2, 0.25) is 0 Å². The smallest absolute Gasteiger partial charge is 0.106 e. The summed E-state index contributed by atoms with van der Waals surface area (Å²) in [4.78, 5) is 0. The normalized spacial score (nSPS) is 28.4. The molecule has 1 fully saturated rings. The van der Waals surface area contributed by atoms with E-state index in [1.165, 1.54) is 0 Å². The van der Waals surface area contributed by atoms with Gasteiger partial charge in [0.15, 0.2) is 0 Å². The third kappa shape index (κ3) is 2.32. The van der Waals surface area contributed by atoms with Crippen molar-refractivity contribution >= 4 is 0 Å². The molecule has 1 saturated heterocycles. The molecular formula is C11H14O3. The molecule has 3 nitrogen and oxygen atoms in total. The van der Waals surface area contributed by atoms with Gasteiger partial charge in [0.1, 0.15) is 12.2 Å². The Hall–Kier alpha value is -0.900. The van der Waals surface area contributed by atoms with Crippen molar-refractivity contribution in [2.75, 3.05) is 19.8 Å². The molecule has 0 radical (unpaired) electrons. The van der Waals surface area contributed by atoms with Crippen LogP contribution in [-0.2, 0) is 9.47 Å². The molecule has 1 aliphatic heterocycles. The van der Waals surface area contributed by atoms with Crippen LogP contribution in [0.3, 0.4) is 0 Å². The number of rotatable bonds is 1. The maximum absolute atomic E-state index is 9.30. The lowest BCUT2D eigenvalue weighted by Gasteiger charge is -2.14. The van der Waals surface area contributed by atoms with Crippen molar-refractivity contribution in [3.63, 3.8) is 0 Å². The van der Waals surface area contributed by atoms with Crippen molar-refractivity contribution < 1.29 is 14.6 Å². The molecule has 0 bridgehead atoms. The van der Waals surface area contributed by atoms with Crippen molar-refractivity contribution in [2.45, 2.75) is 12.2 Å². The Labute approximate surface area is 83.3 Å². The van der Waals surface area contributed by atoms with E-state index in [1.54, 1.807) is 0 Å². The summed E-state index contributed by atoms with van der Waals surface area (Å²) in [7, 11) is 0. The summed E-state index contributed by atoms with van der Waals surface area (Å²) in [6.07, 6.45) is -0.544. The van der Waals surface area contributed by atoms with E-state index < -0.39 is 6.10 Å². The van der Waals surface area contributed by atoms with Gasteiger partial charge < -0.3 is 14.6 Å². The number of benzene rings is 1. The lowest BCUT2D eigenvalue weighted by atomic mass is 10.1. The molecule has 76 valence electrons. The fourth-order valence-electron chi connectivity index (χ4n) is 1.49. The van der Waals surface area contributed by atoms with Crippen LogP contribution < -0.4 is 0 Å². The third-order valence-electron chi connectivity index (χ3n) is 2.24. The number of aliphatic hydroxyl groups excluding tert-OH is 1. The SMILES string of the molecule is OC1COCC(c2ccccc2)OC1. The molecule has 14 heavy (non-hydrogen) atoms. The summed E-state index contributed by atoms with van der Waals surface area (Å²) in [5.41, 5.74) is 1.10. The monoisotopic (exact) mass is 194 g/mol. The topological polar surface area (TPSA) is 38.7 Å². The van der Waals surface area contributed by atoms with Gasteiger partial charge in [-0.25, -0.2) is 0 Å². The summed E-state index contributed by atoms with van der Waals surface area (Å²) in [6.45, 7) is 1.23. The van der Waals surface area contributed by atoms with E-state index in [-0.39, 0.29) is 6.10 Å². The Morgan fingerprint density at radius 2 is 1.86 bits per heavy atom. The van der Waals surface area contributed by atoms with E-state index in [4.69, 9.17) is 9.47 Å². The second-order valence-electron chi connectivity index (χ2n) is 3.42. The maximum atomic E-state index is 9.30. The number of hydrogen-bond donors (Lipinski definition) is 1. The van der Waals surface area contributed by atoms with Gasteiger partial charge in [-0.2, -0.15) is 0 Å². The van der Waals surface area contributed by atoms with Crippen LogP contribution in [0.4, 0.5) is 0 Å². The van der Waals surface area contributed by atoms with Crippen LogP contribution in [0.1, 0.15) is 11.7 Å². The first-order chi connectivity index (χ1) is 6.86. The van der Waals surface area contributed by atoms with E-state index in [9.17, 15) is 5.11 Å². The van der Waals surface area contributed by atoms with Gasteiger partial charge in [0.25, 0.3) is 0 Å². The molecule has 1 aromatic carbocycles. The second kappa shape index (κ2) is 4.55. The van der Waals surface area contributed by atoms with Gasteiger partial charge >= 0.3 is 0 Å². The molecule has 1 N–H and O–H groups in total. The minimum atomic E-state index is -0.497.